The lowest BCUT2D eigenvalue weighted by atomic mass is 10.1. The van der Waals surface area contributed by atoms with E-state index >= 15 is 0 Å². The molecule has 6 nitrogen and oxygen atoms in total. The third-order valence-corrected chi connectivity index (χ3v) is 5.56. The number of hydrogen-bond acceptors (Lipinski definition) is 6. The van der Waals surface area contributed by atoms with Crippen molar-refractivity contribution in [1.82, 2.24) is 19.7 Å². The molecule has 4 heterocycles. The van der Waals surface area contributed by atoms with Crippen molar-refractivity contribution < 1.29 is 9.47 Å². The fraction of sp³-hybridized carbons (Fsp3) is 0.389. The maximum absolute atomic E-state index is 5.46. The first-order valence-electron chi connectivity index (χ1n) is 8.62. The molecule has 0 bridgehead atoms. The lowest BCUT2D eigenvalue weighted by Crippen LogP contribution is -2.06. The number of thiazole rings is 1. The van der Waals surface area contributed by atoms with Crippen LogP contribution in [0.3, 0.4) is 0 Å². The van der Waals surface area contributed by atoms with Crippen molar-refractivity contribution in [2.24, 2.45) is 0 Å². The molecule has 2 aromatic heterocycles. The van der Waals surface area contributed by atoms with Crippen LogP contribution < -0.4 is 9.47 Å². The van der Waals surface area contributed by atoms with Gasteiger partial charge in [-0.15, -0.1) is 21.5 Å². The zero-order valence-corrected chi connectivity index (χ0v) is 14.6. The third kappa shape index (κ3) is 2.78. The topological polar surface area (TPSA) is 62.1 Å². The molecule has 0 saturated heterocycles. The summed E-state index contributed by atoms with van der Waals surface area (Å²) < 4.78 is 13.1. The highest BCUT2D eigenvalue weighted by molar-refractivity contribution is 7.10. The van der Waals surface area contributed by atoms with E-state index in [4.69, 9.17) is 14.5 Å². The predicted molar refractivity (Wildman–Crippen MR) is 94.1 cm³/mol. The van der Waals surface area contributed by atoms with Crippen LogP contribution in [0.4, 0.5) is 0 Å². The fourth-order valence-corrected chi connectivity index (χ4v) is 4.19. The zero-order valence-electron chi connectivity index (χ0n) is 13.8. The number of aryl methyl sites for hydroxylation is 1. The zero-order chi connectivity index (χ0) is 16.6. The van der Waals surface area contributed by atoms with E-state index in [0.29, 0.717) is 6.79 Å². The van der Waals surface area contributed by atoms with Gasteiger partial charge in [-0.05, 0) is 31.0 Å². The first kappa shape index (κ1) is 14.9. The van der Waals surface area contributed by atoms with Gasteiger partial charge >= 0.3 is 0 Å². The van der Waals surface area contributed by atoms with E-state index in [2.05, 4.69) is 20.1 Å². The van der Waals surface area contributed by atoms with Crippen molar-refractivity contribution in [3.8, 4) is 22.8 Å². The van der Waals surface area contributed by atoms with Gasteiger partial charge in [-0.3, -0.25) is 0 Å². The molecule has 2 aliphatic heterocycles. The van der Waals surface area contributed by atoms with Gasteiger partial charge < -0.3 is 14.0 Å². The van der Waals surface area contributed by atoms with E-state index in [0.717, 1.165) is 58.8 Å². The Morgan fingerprint density at radius 2 is 2.04 bits per heavy atom. The summed E-state index contributed by atoms with van der Waals surface area (Å²) >= 11 is 1.67. The van der Waals surface area contributed by atoms with Crippen molar-refractivity contribution in [1.29, 1.82) is 0 Å². The molecule has 0 atom stereocenters. The van der Waals surface area contributed by atoms with Crippen LogP contribution in [0, 0.1) is 0 Å². The van der Waals surface area contributed by atoms with Gasteiger partial charge in [0.2, 0.25) is 6.79 Å². The minimum absolute atomic E-state index is 0.291. The molecule has 0 amide bonds. The lowest BCUT2D eigenvalue weighted by Gasteiger charge is -2.05. The van der Waals surface area contributed by atoms with Crippen molar-refractivity contribution in [2.45, 2.75) is 38.6 Å². The second kappa shape index (κ2) is 6.15. The van der Waals surface area contributed by atoms with Crippen molar-refractivity contribution in [3.05, 3.63) is 40.2 Å². The molecule has 0 fully saturated rings. The molecule has 5 rings (SSSR count). The molecule has 0 radical (unpaired) electrons. The quantitative estimate of drug-likeness (QED) is 0.721. The minimum Gasteiger partial charge on any atom is -0.454 e. The molecule has 1 aromatic carbocycles. The molecular weight excluding hydrogens is 336 g/mol. The summed E-state index contributed by atoms with van der Waals surface area (Å²) in [7, 11) is 0. The van der Waals surface area contributed by atoms with Crippen LogP contribution in [0.1, 0.15) is 35.9 Å². The van der Waals surface area contributed by atoms with E-state index in [-0.39, 0.29) is 0 Å². The number of fused-ring (bicyclic) bond motifs is 2. The number of aromatic nitrogens is 4. The molecule has 0 aliphatic carbocycles. The summed E-state index contributed by atoms with van der Waals surface area (Å²) in [5, 5.41) is 11.9. The SMILES string of the molecule is c1cc2c(cc1-c1csc(Cc3nnc4n3CCCCC4)n1)OCO2. The number of nitrogens with zero attached hydrogens (tertiary/aromatic N) is 4. The van der Waals surface area contributed by atoms with Crippen LogP contribution in [-0.2, 0) is 19.4 Å². The summed E-state index contributed by atoms with van der Waals surface area (Å²) in [4.78, 5) is 4.79. The number of ether oxygens (including phenoxy) is 2. The number of rotatable bonds is 3. The smallest absolute Gasteiger partial charge is 0.231 e. The Hall–Kier alpha value is -2.41. The fourth-order valence-electron chi connectivity index (χ4n) is 3.39. The Bertz CT molecular complexity index is 918. The summed E-state index contributed by atoms with van der Waals surface area (Å²) in [6.07, 6.45) is 5.46. The third-order valence-electron chi connectivity index (χ3n) is 4.72. The summed E-state index contributed by atoms with van der Waals surface area (Å²) in [5.41, 5.74) is 2.01. The van der Waals surface area contributed by atoms with E-state index in [1.165, 1.54) is 19.3 Å². The van der Waals surface area contributed by atoms with E-state index < -0.39 is 0 Å². The van der Waals surface area contributed by atoms with Crippen molar-refractivity contribution >= 4 is 11.3 Å². The number of hydrogen-bond donors (Lipinski definition) is 0. The molecule has 2 aliphatic rings. The molecule has 128 valence electrons. The predicted octanol–water partition coefficient (Wildman–Crippen LogP) is 3.45. The Morgan fingerprint density at radius 1 is 1.08 bits per heavy atom. The standard InChI is InChI=1S/C18H18N4O2S/c1-2-4-16-20-21-17(22(16)7-3-1)9-18-19-13(10-25-18)12-5-6-14-15(8-12)24-11-23-14/h5-6,8,10H,1-4,7,9,11H2. The van der Waals surface area contributed by atoms with E-state index in [1.54, 1.807) is 11.3 Å². The number of benzene rings is 1. The monoisotopic (exact) mass is 354 g/mol. The van der Waals surface area contributed by atoms with Gasteiger partial charge in [0.15, 0.2) is 11.5 Å². The van der Waals surface area contributed by atoms with Gasteiger partial charge in [0, 0.05) is 23.9 Å². The van der Waals surface area contributed by atoms with Gasteiger partial charge in [-0.2, -0.15) is 0 Å². The second-order valence-electron chi connectivity index (χ2n) is 6.37. The summed E-state index contributed by atoms with van der Waals surface area (Å²) in [5.74, 6) is 3.74. The molecule has 0 saturated carbocycles. The highest BCUT2D eigenvalue weighted by Crippen LogP contribution is 2.36. The van der Waals surface area contributed by atoms with Gasteiger partial charge in [0.05, 0.1) is 12.1 Å². The van der Waals surface area contributed by atoms with Crippen LogP contribution in [-0.4, -0.2) is 26.5 Å². The second-order valence-corrected chi connectivity index (χ2v) is 7.31. The Balaban J connectivity index is 1.39. The lowest BCUT2D eigenvalue weighted by molar-refractivity contribution is 0.174. The summed E-state index contributed by atoms with van der Waals surface area (Å²) in [6.45, 7) is 1.32. The Labute approximate surface area is 149 Å². The highest BCUT2D eigenvalue weighted by atomic mass is 32.1. The first-order valence-corrected chi connectivity index (χ1v) is 9.50. The Morgan fingerprint density at radius 3 is 3.04 bits per heavy atom. The van der Waals surface area contributed by atoms with Crippen LogP contribution in [0.15, 0.2) is 23.6 Å². The van der Waals surface area contributed by atoms with Gasteiger partial charge in [0.25, 0.3) is 0 Å². The van der Waals surface area contributed by atoms with Crippen LogP contribution in [0.2, 0.25) is 0 Å². The summed E-state index contributed by atoms with van der Waals surface area (Å²) in [6, 6.07) is 5.95. The van der Waals surface area contributed by atoms with Crippen LogP contribution in [0.25, 0.3) is 11.3 Å². The van der Waals surface area contributed by atoms with Gasteiger partial charge in [0.1, 0.15) is 16.7 Å². The molecule has 3 aromatic rings. The van der Waals surface area contributed by atoms with Gasteiger partial charge in [-0.1, -0.05) is 6.42 Å². The van der Waals surface area contributed by atoms with Crippen molar-refractivity contribution in [2.75, 3.05) is 6.79 Å². The Kier molecular flexibility index (Phi) is 3.66. The van der Waals surface area contributed by atoms with Crippen LogP contribution >= 0.6 is 11.3 Å². The first-order chi connectivity index (χ1) is 12.4. The molecule has 25 heavy (non-hydrogen) atoms. The van der Waals surface area contributed by atoms with E-state index in [9.17, 15) is 0 Å². The normalized spacial score (nSPS) is 15.8. The van der Waals surface area contributed by atoms with Gasteiger partial charge in [-0.25, -0.2) is 4.98 Å². The molecule has 0 N–H and O–H groups in total. The molecular formula is C18H18N4O2S. The molecule has 0 unspecified atom stereocenters. The largest absolute Gasteiger partial charge is 0.454 e. The average molecular weight is 354 g/mol. The highest BCUT2D eigenvalue weighted by Gasteiger charge is 2.18. The van der Waals surface area contributed by atoms with Crippen molar-refractivity contribution in [3.63, 3.8) is 0 Å². The van der Waals surface area contributed by atoms with E-state index in [1.807, 2.05) is 18.2 Å². The minimum atomic E-state index is 0.291. The van der Waals surface area contributed by atoms with Crippen LogP contribution in [0.5, 0.6) is 11.5 Å². The maximum Gasteiger partial charge on any atom is 0.231 e. The molecule has 0 spiro atoms. The average Bonchev–Trinajstić information content (AvgIpc) is 3.33. The molecule has 7 heteroatoms. The maximum atomic E-state index is 5.46.